The maximum atomic E-state index is 13.2. The molecule has 1 heterocycles. The van der Waals surface area contributed by atoms with Gasteiger partial charge < -0.3 is 0 Å². The van der Waals surface area contributed by atoms with Crippen molar-refractivity contribution in [2.24, 2.45) is 0 Å². The summed E-state index contributed by atoms with van der Waals surface area (Å²) >= 11 is 3.77. The van der Waals surface area contributed by atoms with Crippen LogP contribution in [0.3, 0.4) is 0 Å². The number of hydrogen-bond acceptors (Lipinski definition) is 1. The van der Waals surface area contributed by atoms with E-state index < -0.39 is 0 Å². The van der Waals surface area contributed by atoms with Crippen LogP contribution >= 0.6 is 15.9 Å². The summed E-state index contributed by atoms with van der Waals surface area (Å²) in [4.78, 5) is 5.10. The molecule has 1 aromatic carbocycles. The number of nitrogens with zero attached hydrogens (tertiary/aromatic N) is 1. The van der Waals surface area contributed by atoms with Gasteiger partial charge in [0.15, 0.2) is 0 Å². The Kier molecular flexibility index (Phi) is 7.31. The first-order chi connectivity index (χ1) is 10.7. The summed E-state index contributed by atoms with van der Waals surface area (Å²) < 4.78 is 13.2. The molecular weight excluding hydrogens is 341 g/mol. The van der Waals surface area contributed by atoms with Crippen LogP contribution in [0.5, 0.6) is 0 Å². The smallest absolute Gasteiger partial charge is 0.123 e. The number of halogens is 2. The first-order valence-electron chi connectivity index (χ1n) is 8.38. The molecule has 0 fully saturated rings. The molecule has 1 aromatic heterocycles. The van der Waals surface area contributed by atoms with Crippen LogP contribution in [0, 0.1) is 5.82 Å². The fraction of sp³-hybridized carbons (Fsp3) is 0.526. The van der Waals surface area contributed by atoms with Gasteiger partial charge in [-0.05, 0) is 30.7 Å². The molecule has 0 saturated heterocycles. The number of unbranched alkanes of at least 4 members (excludes halogenated alkanes) is 5. The van der Waals surface area contributed by atoms with Crippen molar-refractivity contribution in [1.82, 2.24) is 4.98 Å². The lowest BCUT2D eigenvalue weighted by Gasteiger charge is -2.10. The van der Waals surface area contributed by atoms with E-state index in [-0.39, 0.29) is 5.82 Å². The Labute approximate surface area is 141 Å². The largest absolute Gasteiger partial charge is 0.253 e. The van der Waals surface area contributed by atoms with E-state index in [0.29, 0.717) is 4.83 Å². The van der Waals surface area contributed by atoms with Crippen molar-refractivity contribution in [3.05, 3.63) is 41.8 Å². The molecule has 120 valence electrons. The number of aromatic nitrogens is 1. The van der Waals surface area contributed by atoms with Gasteiger partial charge in [-0.2, -0.15) is 0 Å². The van der Waals surface area contributed by atoms with Crippen molar-refractivity contribution in [3.8, 4) is 0 Å². The van der Waals surface area contributed by atoms with Crippen LogP contribution in [-0.2, 0) is 6.42 Å². The molecule has 3 heteroatoms. The molecule has 0 aliphatic rings. The molecule has 0 spiro atoms. The molecule has 0 N–H and O–H groups in total. The van der Waals surface area contributed by atoms with Gasteiger partial charge in [0.2, 0.25) is 0 Å². The number of fused-ring (bicyclic) bond motifs is 1. The Morgan fingerprint density at radius 1 is 1.05 bits per heavy atom. The molecule has 2 rings (SSSR count). The molecule has 0 saturated carbocycles. The second kappa shape index (κ2) is 9.24. The summed E-state index contributed by atoms with van der Waals surface area (Å²) in [5.41, 5.74) is 1.95. The Morgan fingerprint density at radius 2 is 1.82 bits per heavy atom. The zero-order chi connectivity index (χ0) is 15.8. The van der Waals surface area contributed by atoms with E-state index in [1.807, 2.05) is 12.1 Å². The third kappa shape index (κ3) is 5.68. The van der Waals surface area contributed by atoms with E-state index in [9.17, 15) is 4.39 Å². The quantitative estimate of drug-likeness (QED) is 0.368. The lowest BCUT2D eigenvalue weighted by Crippen LogP contribution is -2.04. The highest BCUT2D eigenvalue weighted by Crippen LogP contribution is 2.19. The van der Waals surface area contributed by atoms with Crippen molar-refractivity contribution in [2.75, 3.05) is 0 Å². The van der Waals surface area contributed by atoms with Crippen molar-refractivity contribution >= 4 is 26.8 Å². The summed E-state index contributed by atoms with van der Waals surface area (Å²) in [5, 5.41) is 0.866. The van der Waals surface area contributed by atoms with E-state index in [2.05, 4.69) is 27.8 Å². The van der Waals surface area contributed by atoms with E-state index in [4.69, 9.17) is 0 Å². The summed E-state index contributed by atoms with van der Waals surface area (Å²) in [6, 6.07) is 8.74. The highest BCUT2D eigenvalue weighted by molar-refractivity contribution is 9.09. The predicted molar refractivity (Wildman–Crippen MR) is 96.1 cm³/mol. The summed E-state index contributed by atoms with van der Waals surface area (Å²) in [5.74, 6) is -0.205. The first kappa shape index (κ1) is 17.4. The van der Waals surface area contributed by atoms with Crippen LogP contribution in [0.2, 0.25) is 0 Å². The molecule has 1 unspecified atom stereocenters. The maximum absolute atomic E-state index is 13.2. The molecular formula is C19H25BrFN. The highest BCUT2D eigenvalue weighted by Gasteiger charge is 2.07. The van der Waals surface area contributed by atoms with Gasteiger partial charge in [0, 0.05) is 22.3 Å². The van der Waals surface area contributed by atoms with Gasteiger partial charge in [-0.1, -0.05) is 67.4 Å². The molecule has 1 atom stereocenters. The third-order valence-corrected chi connectivity index (χ3v) is 4.79. The lowest BCUT2D eigenvalue weighted by molar-refractivity contribution is 0.581. The van der Waals surface area contributed by atoms with Crippen LogP contribution in [0.25, 0.3) is 10.9 Å². The van der Waals surface area contributed by atoms with Gasteiger partial charge in [-0.25, -0.2) is 4.39 Å². The van der Waals surface area contributed by atoms with Crippen LogP contribution in [0.1, 0.15) is 57.6 Å². The zero-order valence-electron chi connectivity index (χ0n) is 13.3. The average molecular weight is 366 g/mol. The highest BCUT2D eigenvalue weighted by atomic mass is 79.9. The van der Waals surface area contributed by atoms with Crippen LogP contribution < -0.4 is 0 Å². The number of rotatable bonds is 9. The molecule has 0 aliphatic heterocycles. The molecule has 1 nitrogen and oxygen atoms in total. The number of benzene rings is 1. The second-order valence-electron chi connectivity index (χ2n) is 6.00. The standard InChI is InChI=1S/C19H25BrFN/c1-2-3-4-5-6-7-8-16(20)14-18-11-9-15-13-17(21)10-12-19(15)22-18/h9-13,16H,2-8,14H2,1H3. The number of alkyl halides is 1. The Balaban J connectivity index is 1.79. The van der Waals surface area contributed by atoms with Gasteiger partial charge in [0.05, 0.1) is 5.52 Å². The van der Waals surface area contributed by atoms with Crippen molar-refractivity contribution in [1.29, 1.82) is 0 Å². The Hall–Kier alpha value is -0.960. The fourth-order valence-electron chi connectivity index (χ4n) is 2.73. The fourth-order valence-corrected chi connectivity index (χ4v) is 3.38. The van der Waals surface area contributed by atoms with Gasteiger partial charge in [-0.3, -0.25) is 4.98 Å². The predicted octanol–water partition coefficient (Wildman–Crippen LogP) is 6.43. The van der Waals surface area contributed by atoms with Crippen molar-refractivity contribution < 1.29 is 4.39 Å². The Bertz CT molecular complexity index is 585. The minimum atomic E-state index is -0.205. The lowest BCUT2D eigenvalue weighted by atomic mass is 10.1. The SMILES string of the molecule is CCCCCCCCC(Br)Cc1ccc2cc(F)ccc2n1. The van der Waals surface area contributed by atoms with E-state index in [0.717, 1.165) is 23.0 Å². The van der Waals surface area contributed by atoms with Crippen LogP contribution in [0.15, 0.2) is 30.3 Å². The summed E-state index contributed by atoms with van der Waals surface area (Å²) in [6.45, 7) is 2.25. The maximum Gasteiger partial charge on any atom is 0.123 e. The molecule has 22 heavy (non-hydrogen) atoms. The monoisotopic (exact) mass is 365 g/mol. The molecule has 0 radical (unpaired) electrons. The summed E-state index contributed by atoms with van der Waals surface area (Å²) in [7, 11) is 0. The van der Waals surface area contributed by atoms with E-state index in [1.54, 1.807) is 6.07 Å². The Morgan fingerprint density at radius 3 is 2.64 bits per heavy atom. The van der Waals surface area contributed by atoms with Crippen molar-refractivity contribution in [3.63, 3.8) is 0 Å². The van der Waals surface area contributed by atoms with Crippen molar-refractivity contribution in [2.45, 2.75) is 63.1 Å². The van der Waals surface area contributed by atoms with Gasteiger partial charge >= 0.3 is 0 Å². The average Bonchev–Trinajstić information content (AvgIpc) is 2.51. The molecule has 0 amide bonds. The first-order valence-corrected chi connectivity index (χ1v) is 9.30. The number of hydrogen-bond donors (Lipinski definition) is 0. The van der Waals surface area contributed by atoms with Gasteiger partial charge in [0.1, 0.15) is 5.82 Å². The normalized spacial score (nSPS) is 12.7. The van der Waals surface area contributed by atoms with Crippen LogP contribution in [0.4, 0.5) is 4.39 Å². The molecule has 0 aliphatic carbocycles. The zero-order valence-corrected chi connectivity index (χ0v) is 14.9. The summed E-state index contributed by atoms with van der Waals surface area (Å²) in [6.07, 6.45) is 10.1. The minimum Gasteiger partial charge on any atom is -0.253 e. The van der Waals surface area contributed by atoms with Gasteiger partial charge in [0.25, 0.3) is 0 Å². The number of pyridine rings is 1. The molecule has 2 aromatic rings. The topological polar surface area (TPSA) is 12.9 Å². The second-order valence-corrected chi connectivity index (χ2v) is 7.29. The van der Waals surface area contributed by atoms with E-state index in [1.165, 1.54) is 57.1 Å². The van der Waals surface area contributed by atoms with E-state index >= 15 is 0 Å². The molecule has 0 bridgehead atoms. The minimum absolute atomic E-state index is 0.205. The van der Waals surface area contributed by atoms with Crippen LogP contribution in [-0.4, -0.2) is 9.81 Å². The van der Waals surface area contributed by atoms with Gasteiger partial charge in [-0.15, -0.1) is 0 Å². The third-order valence-electron chi connectivity index (χ3n) is 4.01.